The number of aliphatic hydroxyl groups is 1. The summed E-state index contributed by atoms with van der Waals surface area (Å²) in [5.74, 6) is 0.757. The second-order valence-corrected chi connectivity index (χ2v) is 6.32. The molecule has 1 aliphatic rings. The van der Waals surface area contributed by atoms with Crippen LogP contribution in [0.1, 0.15) is 64.6 Å². The highest BCUT2D eigenvalue weighted by Crippen LogP contribution is 2.32. The van der Waals surface area contributed by atoms with E-state index in [1.54, 1.807) is 0 Å². The lowest BCUT2D eigenvalue weighted by Crippen LogP contribution is -2.31. The highest BCUT2D eigenvalue weighted by molar-refractivity contribution is 5.05. The quantitative estimate of drug-likeness (QED) is 0.836. The summed E-state index contributed by atoms with van der Waals surface area (Å²) >= 11 is 0. The van der Waals surface area contributed by atoms with Crippen LogP contribution in [-0.4, -0.2) is 20.5 Å². The number of nitrogens with zero attached hydrogens (tertiary/aromatic N) is 2. The number of hydrogen-bond donors (Lipinski definition) is 1. The normalized spacial score (nSPS) is 29.5. The summed E-state index contributed by atoms with van der Waals surface area (Å²) in [4.78, 5) is 0. The van der Waals surface area contributed by atoms with Gasteiger partial charge in [-0.25, -0.2) is 0 Å². The Bertz CT molecular complexity index is 386. The van der Waals surface area contributed by atoms with E-state index in [1.807, 2.05) is 16.9 Å². The fraction of sp³-hybridized carbons (Fsp3) is 0.800. The molecule has 2 unspecified atom stereocenters. The summed E-state index contributed by atoms with van der Waals surface area (Å²) in [5, 5.41) is 15.3. The van der Waals surface area contributed by atoms with Gasteiger partial charge in [0.2, 0.25) is 0 Å². The molecule has 0 aromatic carbocycles. The van der Waals surface area contributed by atoms with Gasteiger partial charge in [0.05, 0.1) is 11.3 Å². The topological polar surface area (TPSA) is 38.0 Å². The van der Waals surface area contributed by atoms with Crippen LogP contribution in [0.2, 0.25) is 0 Å². The largest absolute Gasteiger partial charge is 0.389 e. The maximum absolute atomic E-state index is 10.7. The molecule has 1 fully saturated rings. The summed E-state index contributed by atoms with van der Waals surface area (Å²) in [6.45, 7) is 6.54. The minimum absolute atomic E-state index is 0.391. The molecule has 0 spiro atoms. The third-order valence-corrected chi connectivity index (χ3v) is 4.14. The van der Waals surface area contributed by atoms with Crippen molar-refractivity contribution >= 4 is 0 Å². The molecule has 3 heteroatoms. The second-order valence-electron chi connectivity index (χ2n) is 6.32. The van der Waals surface area contributed by atoms with Gasteiger partial charge in [-0.2, -0.15) is 5.10 Å². The highest BCUT2D eigenvalue weighted by atomic mass is 16.3. The molecule has 0 aliphatic heterocycles. The summed E-state index contributed by atoms with van der Waals surface area (Å²) in [7, 11) is 0. The van der Waals surface area contributed by atoms with Gasteiger partial charge in [-0.3, -0.25) is 4.68 Å². The second kappa shape index (κ2) is 5.43. The van der Waals surface area contributed by atoms with Crippen LogP contribution in [0.5, 0.6) is 0 Å². The molecule has 2 rings (SSSR count). The molecule has 102 valence electrons. The Morgan fingerprint density at radius 1 is 1.44 bits per heavy atom. The molecule has 1 heterocycles. The number of aromatic nitrogens is 2. The van der Waals surface area contributed by atoms with Gasteiger partial charge in [-0.15, -0.1) is 0 Å². The van der Waals surface area contributed by atoms with E-state index in [1.165, 1.54) is 6.42 Å². The van der Waals surface area contributed by atoms with Crippen LogP contribution in [0.25, 0.3) is 0 Å². The van der Waals surface area contributed by atoms with Crippen molar-refractivity contribution in [3.8, 4) is 0 Å². The third-order valence-electron chi connectivity index (χ3n) is 4.14. The van der Waals surface area contributed by atoms with Crippen LogP contribution in [0.3, 0.4) is 0 Å². The van der Waals surface area contributed by atoms with Crippen molar-refractivity contribution in [1.29, 1.82) is 0 Å². The van der Waals surface area contributed by atoms with Gasteiger partial charge in [-0.1, -0.05) is 19.8 Å². The predicted octanol–water partition coefficient (Wildman–Crippen LogP) is 3.34. The minimum atomic E-state index is -0.527. The first-order valence-corrected chi connectivity index (χ1v) is 7.25. The molecule has 1 aromatic heterocycles. The van der Waals surface area contributed by atoms with Gasteiger partial charge >= 0.3 is 0 Å². The summed E-state index contributed by atoms with van der Waals surface area (Å²) in [5.41, 5.74) is 0.502. The zero-order valence-electron chi connectivity index (χ0n) is 11.9. The molecule has 0 saturated heterocycles. The van der Waals surface area contributed by atoms with E-state index in [0.717, 1.165) is 37.3 Å². The fourth-order valence-electron chi connectivity index (χ4n) is 2.84. The molecule has 1 N–H and O–H groups in total. The van der Waals surface area contributed by atoms with E-state index in [-0.39, 0.29) is 0 Å². The molecule has 1 saturated carbocycles. The van der Waals surface area contributed by atoms with E-state index < -0.39 is 5.60 Å². The van der Waals surface area contributed by atoms with Crippen molar-refractivity contribution in [1.82, 2.24) is 9.78 Å². The van der Waals surface area contributed by atoms with Gasteiger partial charge in [0.25, 0.3) is 0 Å². The lowest BCUT2D eigenvalue weighted by molar-refractivity contribution is 0.0233. The fourth-order valence-corrected chi connectivity index (χ4v) is 2.84. The SMILES string of the molecule is CC1CCCC(O)(Cc2ccn(C(C)C)n2)CC1. The Balaban J connectivity index is 2.02. The molecule has 0 amide bonds. The first kappa shape index (κ1) is 13.6. The molecule has 18 heavy (non-hydrogen) atoms. The average molecular weight is 250 g/mol. The maximum atomic E-state index is 10.7. The third kappa shape index (κ3) is 3.35. The molecule has 3 nitrogen and oxygen atoms in total. The van der Waals surface area contributed by atoms with E-state index in [0.29, 0.717) is 12.5 Å². The number of hydrogen-bond acceptors (Lipinski definition) is 2. The maximum Gasteiger partial charge on any atom is 0.0703 e. The first-order valence-electron chi connectivity index (χ1n) is 7.25. The summed E-state index contributed by atoms with van der Waals surface area (Å²) in [6.07, 6.45) is 8.10. The van der Waals surface area contributed by atoms with Crippen molar-refractivity contribution in [2.24, 2.45) is 5.92 Å². The van der Waals surface area contributed by atoms with Crippen molar-refractivity contribution in [3.05, 3.63) is 18.0 Å². The molecular weight excluding hydrogens is 224 g/mol. The Morgan fingerprint density at radius 2 is 2.22 bits per heavy atom. The van der Waals surface area contributed by atoms with Crippen LogP contribution >= 0.6 is 0 Å². The smallest absolute Gasteiger partial charge is 0.0703 e. The van der Waals surface area contributed by atoms with E-state index in [4.69, 9.17) is 0 Å². The molecule has 0 radical (unpaired) electrons. The van der Waals surface area contributed by atoms with Crippen molar-refractivity contribution in [2.75, 3.05) is 0 Å². The predicted molar refractivity (Wildman–Crippen MR) is 73.5 cm³/mol. The zero-order chi connectivity index (χ0) is 13.2. The van der Waals surface area contributed by atoms with E-state index in [9.17, 15) is 5.11 Å². The Morgan fingerprint density at radius 3 is 2.89 bits per heavy atom. The Labute approximate surface area is 110 Å². The molecule has 1 aliphatic carbocycles. The summed E-state index contributed by atoms with van der Waals surface area (Å²) < 4.78 is 1.97. The molecule has 0 bridgehead atoms. The van der Waals surface area contributed by atoms with Gasteiger partial charge < -0.3 is 5.11 Å². The van der Waals surface area contributed by atoms with Crippen LogP contribution in [0.4, 0.5) is 0 Å². The van der Waals surface area contributed by atoms with Gasteiger partial charge in [0.1, 0.15) is 0 Å². The molecular formula is C15H26N2O. The Hall–Kier alpha value is -0.830. The van der Waals surface area contributed by atoms with Crippen LogP contribution in [0.15, 0.2) is 12.3 Å². The van der Waals surface area contributed by atoms with Crippen molar-refractivity contribution in [3.63, 3.8) is 0 Å². The van der Waals surface area contributed by atoms with Gasteiger partial charge in [0.15, 0.2) is 0 Å². The van der Waals surface area contributed by atoms with Crippen molar-refractivity contribution in [2.45, 2.75) is 70.9 Å². The molecule has 1 aromatic rings. The highest BCUT2D eigenvalue weighted by Gasteiger charge is 2.30. The van der Waals surface area contributed by atoms with Crippen LogP contribution in [0, 0.1) is 5.92 Å². The van der Waals surface area contributed by atoms with E-state index in [2.05, 4.69) is 25.9 Å². The standard InChI is InChI=1S/C15H26N2O/c1-12(2)17-10-7-14(16-17)11-15(18)8-4-5-13(3)6-9-15/h7,10,12-13,18H,4-6,8-9,11H2,1-3H3. The monoisotopic (exact) mass is 250 g/mol. The van der Waals surface area contributed by atoms with Crippen LogP contribution in [-0.2, 0) is 6.42 Å². The number of rotatable bonds is 3. The molecule has 2 atom stereocenters. The van der Waals surface area contributed by atoms with Gasteiger partial charge in [0, 0.05) is 18.7 Å². The first-order chi connectivity index (χ1) is 8.48. The lowest BCUT2D eigenvalue weighted by Gasteiger charge is -2.25. The lowest BCUT2D eigenvalue weighted by atomic mass is 9.89. The van der Waals surface area contributed by atoms with Crippen molar-refractivity contribution < 1.29 is 5.11 Å². The Kier molecular flexibility index (Phi) is 4.10. The van der Waals surface area contributed by atoms with Crippen LogP contribution < -0.4 is 0 Å². The van der Waals surface area contributed by atoms with Gasteiger partial charge in [-0.05, 0) is 45.1 Å². The summed E-state index contributed by atoms with van der Waals surface area (Å²) in [6, 6.07) is 2.44. The van der Waals surface area contributed by atoms with E-state index >= 15 is 0 Å². The minimum Gasteiger partial charge on any atom is -0.389 e. The average Bonchev–Trinajstić information content (AvgIpc) is 2.68. The zero-order valence-corrected chi connectivity index (χ0v) is 11.9.